The van der Waals surface area contributed by atoms with Crippen molar-refractivity contribution in [1.82, 2.24) is 19.9 Å². The van der Waals surface area contributed by atoms with E-state index in [0.717, 1.165) is 51.8 Å². The van der Waals surface area contributed by atoms with Crippen LogP contribution in [0.15, 0.2) is 58.7 Å². The lowest BCUT2D eigenvalue weighted by atomic mass is 10.1. The van der Waals surface area contributed by atoms with Crippen molar-refractivity contribution in [2.75, 3.05) is 19.4 Å². The third kappa shape index (κ3) is 4.15. The predicted molar refractivity (Wildman–Crippen MR) is 127 cm³/mol. The molecule has 0 fully saturated rings. The van der Waals surface area contributed by atoms with Gasteiger partial charge in [0.2, 0.25) is 0 Å². The number of methoxy groups -OCH3 is 1. The summed E-state index contributed by atoms with van der Waals surface area (Å²) in [6.07, 6.45) is 0.734. The van der Waals surface area contributed by atoms with E-state index >= 15 is 0 Å². The van der Waals surface area contributed by atoms with Crippen LogP contribution in [0.25, 0.3) is 22.6 Å². The Bertz CT molecular complexity index is 1300. The van der Waals surface area contributed by atoms with Gasteiger partial charge >= 0.3 is 0 Å². The summed E-state index contributed by atoms with van der Waals surface area (Å²) in [5, 5.41) is 3.10. The molecule has 0 saturated carbocycles. The van der Waals surface area contributed by atoms with Crippen LogP contribution in [0.2, 0.25) is 0 Å². The van der Waals surface area contributed by atoms with Gasteiger partial charge in [-0.3, -0.25) is 9.69 Å². The number of hydrogen-bond donors (Lipinski definition) is 2. The summed E-state index contributed by atoms with van der Waals surface area (Å²) in [6, 6.07) is 15.3. The van der Waals surface area contributed by atoms with Gasteiger partial charge in [0.15, 0.2) is 0 Å². The van der Waals surface area contributed by atoms with Gasteiger partial charge in [0, 0.05) is 41.7 Å². The molecule has 7 nitrogen and oxygen atoms in total. The van der Waals surface area contributed by atoms with Gasteiger partial charge in [-0.15, -0.1) is 11.3 Å². The van der Waals surface area contributed by atoms with Crippen molar-refractivity contribution in [3.8, 4) is 28.4 Å². The molecule has 3 heterocycles. The smallest absolute Gasteiger partial charge is 0.255 e. The predicted octanol–water partition coefficient (Wildman–Crippen LogP) is 3.71. The summed E-state index contributed by atoms with van der Waals surface area (Å²) in [7, 11) is 1.66. The first kappa shape index (κ1) is 20.4. The van der Waals surface area contributed by atoms with Gasteiger partial charge in [-0.05, 0) is 48.5 Å². The Morgan fingerprint density at radius 2 is 1.84 bits per heavy atom. The molecule has 0 atom stereocenters. The maximum Gasteiger partial charge on any atom is 0.255 e. The lowest BCUT2D eigenvalue weighted by Crippen LogP contribution is -2.35. The zero-order valence-corrected chi connectivity index (χ0v) is 18.5. The number of nitrogen functional groups attached to an aromatic ring is 1. The molecule has 32 heavy (non-hydrogen) atoms. The SMILES string of the molecule is COc1ccc(-c2csc(CN3CCc4nc(-c5ccc(N)cc5)[nH]c(=O)c4C3)n2)cc1. The van der Waals surface area contributed by atoms with E-state index in [-0.39, 0.29) is 5.56 Å². The Morgan fingerprint density at radius 1 is 1.09 bits per heavy atom. The third-order valence-corrected chi connectivity index (χ3v) is 6.46. The summed E-state index contributed by atoms with van der Waals surface area (Å²) in [5.74, 6) is 1.42. The first-order valence-corrected chi connectivity index (χ1v) is 11.3. The molecule has 0 bridgehead atoms. The quantitative estimate of drug-likeness (QED) is 0.455. The second-order valence-electron chi connectivity index (χ2n) is 7.78. The van der Waals surface area contributed by atoms with Crippen molar-refractivity contribution in [3.05, 3.63) is 80.5 Å². The molecule has 1 aliphatic rings. The van der Waals surface area contributed by atoms with E-state index < -0.39 is 0 Å². The largest absolute Gasteiger partial charge is 0.497 e. The van der Waals surface area contributed by atoms with E-state index in [0.29, 0.717) is 24.6 Å². The van der Waals surface area contributed by atoms with Gasteiger partial charge in [-0.25, -0.2) is 9.97 Å². The molecular formula is C24H23N5O2S. The van der Waals surface area contributed by atoms with E-state index in [1.54, 1.807) is 18.4 Å². The van der Waals surface area contributed by atoms with Crippen LogP contribution >= 0.6 is 11.3 Å². The van der Waals surface area contributed by atoms with E-state index in [9.17, 15) is 4.79 Å². The zero-order valence-electron chi connectivity index (χ0n) is 17.7. The van der Waals surface area contributed by atoms with Crippen LogP contribution in [-0.2, 0) is 19.5 Å². The minimum atomic E-state index is -0.0791. The number of aromatic amines is 1. The molecule has 162 valence electrons. The lowest BCUT2D eigenvalue weighted by molar-refractivity contribution is 0.241. The van der Waals surface area contributed by atoms with Gasteiger partial charge in [0.25, 0.3) is 5.56 Å². The highest BCUT2D eigenvalue weighted by Crippen LogP contribution is 2.26. The summed E-state index contributed by atoms with van der Waals surface area (Å²) in [4.78, 5) is 27.5. The molecule has 2 aromatic carbocycles. The fraction of sp³-hybridized carbons (Fsp3) is 0.208. The molecule has 8 heteroatoms. The zero-order chi connectivity index (χ0) is 22.1. The third-order valence-electron chi connectivity index (χ3n) is 5.63. The molecule has 0 amide bonds. The van der Waals surface area contributed by atoms with Crippen molar-refractivity contribution in [2.45, 2.75) is 19.5 Å². The van der Waals surface area contributed by atoms with E-state index in [4.69, 9.17) is 20.4 Å². The molecule has 0 radical (unpaired) electrons. The number of nitrogens with two attached hydrogens (primary N) is 1. The number of H-pyrrole nitrogens is 1. The van der Waals surface area contributed by atoms with Crippen LogP contribution in [0.4, 0.5) is 5.69 Å². The van der Waals surface area contributed by atoms with Gasteiger partial charge in [0.05, 0.1) is 30.6 Å². The molecule has 0 aliphatic carbocycles. The number of ether oxygens (including phenoxy) is 1. The van der Waals surface area contributed by atoms with E-state index in [1.165, 1.54) is 0 Å². The number of rotatable bonds is 5. The fourth-order valence-electron chi connectivity index (χ4n) is 3.86. The minimum Gasteiger partial charge on any atom is -0.497 e. The molecule has 5 rings (SSSR count). The normalized spacial score (nSPS) is 13.7. The van der Waals surface area contributed by atoms with Crippen molar-refractivity contribution < 1.29 is 4.74 Å². The lowest BCUT2D eigenvalue weighted by Gasteiger charge is -2.26. The second-order valence-corrected chi connectivity index (χ2v) is 8.72. The number of thiazole rings is 1. The average Bonchev–Trinajstić information content (AvgIpc) is 3.28. The molecule has 0 saturated heterocycles. The van der Waals surface area contributed by atoms with Gasteiger partial charge in [0.1, 0.15) is 16.6 Å². The first-order chi connectivity index (χ1) is 15.6. The number of aromatic nitrogens is 3. The number of fused-ring (bicyclic) bond motifs is 1. The molecule has 1 aliphatic heterocycles. The highest BCUT2D eigenvalue weighted by molar-refractivity contribution is 7.09. The van der Waals surface area contributed by atoms with Gasteiger partial charge < -0.3 is 15.5 Å². The van der Waals surface area contributed by atoms with Crippen molar-refractivity contribution in [3.63, 3.8) is 0 Å². The summed E-state index contributed by atoms with van der Waals surface area (Å²) in [5.41, 5.74) is 10.9. The van der Waals surface area contributed by atoms with Crippen LogP contribution in [-0.4, -0.2) is 33.5 Å². The maximum absolute atomic E-state index is 12.8. The van der Waals surface area contributed by atoms with Crippen LogP contribution in [0.3, 0.4) is 0 Å². The van der Waals surface area contributed by atoms with Crippen LogP contribution in [0, 0.1) is 0 Å². The molecule has 0 spiro atoms. The standard InChI is InChI=1S/C24H23N5O2S/c1-31-18-8-4-15(5-9-18)21-14-32-22(26-21)13-29-11-10-20-19(12-29)24(30)28-23(27-20)16-2-6-17(25)7-3-16/h2-9,14H,10-13,25H2,1H3,(H,27,28,30). The Kier molecular flexibility index (Phi) is 5.46. The van der Waals surface area contributed by atoms with Crippen LogP contribution in [0.1, 0.15) is 16.3 Å². The number of benzene rings is 2. The summed E-state index contributed by atoms with van der Waals surface area (Å²) < 4.78 is 5.22. The first-order valence-electron chi connectivity index (χ1n) is 10.4. The molecular weight excluding hydrogens is 422 g/mol. The second kappa shape index (κ2) is 8.57. The maximum atomic E-state index is 12.8. The fourth-order valence-corrected chi connectivity index (χ4v) is 4.71. The Balaban J connectivity index is 1.31. The highest BCUT2D eigenvalue weighted by Gasteiger charge is 2.22. The van der Waals surface area contributed by atoms with Gasteiger partial charge in [-0.1, -0.05) is 0 Å². The topological polar surface area (TPSA) is 97.1 Å². The Morgan fingerprint density at radius 3 is 2.59 bits per heavy atom. The number of nitrogens with one attached hydrogen (secondary N) is 1. The monoisotopic (exact) mass is 445 g/mol. The molecule has 3 N–H and O–H groups in total. The summed E-state index contributed by atoms with van der Waals surface area (Å²) >= 11 is 1.64. The van der Waals surface area contributed by atoms with Crippen molar-refractivity contribution in [2.24, 2.45) is 0 Å². The molecule has 0 unspecified atom stereocenters. The average molecular weight is 446 g/mol. The van der Waals surface area contributed by atoms with E-state index in [1.807, 2.05) is 48.5 Å². The highest BCUT2D eigenvalue weighted by atomic mass is 32.1. The summed E-state index contributed by atoms with van der Waals surface area (Å²) in [6.45, 7) is 2.11. The number of nitrogens with zero attached hydrogens (tertiary/aromatic N) is 3. The van der Waals surface area contributed by atoms with Crippen molar-refractivity contribution >= 4 is 17.0 Å². The Hall–Kier alpha value is -3.49. The van der Waals surface area contributed by atoms with Crippen LogP contribution < -0.4 is 16.0 Å². The minimum absolute atomic E-state index is 0.0791. The number of anilines is 1. The number of hydrogen-bond acceptors (Lipinski definition) is 7. The Labute approximate surface area is 189 Å². The molecule has 4 aromatic rings. The van der Waals surface area contributed by atoms with E-state index in [2.05, 4.69) is 15.3 Å². The van der Waals surface area contributed by atoms with Gasteiger partial charge in [-0.2, -0.15) is 0 Å². The molecule has 2 aromatic heterocycles. The van der Waals surface area contributed by atoms with Crippen LogP contribution in [0.5, 0.6) is 5.75 Å². The van der Waals surface area contributed by atoms with Crippen molar-refractivity contribution in [1.29, 1.82) is 0 Å².